The van der Waals surface area contributed by atoms with Crippen molar-refractivity contribution in [2.75, 3.05) is 25.1 Å². The van der Waals surface area contributed by atoms with Crippen molar-refractivity contribution < 1.29 is 4.74 Å². The second kappa shape index (κ2) is 6.55. The van der Waals surface area contributed by atoms with Crippen LogP contribution in [0.2, 0.25) is 0 Å². The van der Waals surface area contributed by atoms with Gasteiger partial charge in [0.25, 0.3) is 5.56 Å². The van der Waals surface area contributed by atoms with Crippen LogP contribution in [0.15, 0.2) is 41.3 Å². The molecule has 6 nitrogen and oxygen atoms in total. The zero-order valence-corrected chi connectivity index (χ0v) is 14.2. The Balaban J connectivity index is 1.85. The highest BCUT2D eigenvalue weighted by molar-refractivity contribution is 5.92. The van der Waals surface area contributed by atoms with Gasteiger partial charge in [0.2, 0.25) is 5.95 Å². The van der Waals surface area contributed by atoms with Crippen molar-refractivity contribution >= 4 is 17.0 Å². The third kappa shape index (κ3) is 2.95. The van der Waals surface area contributed by atoms with Crippen molar-refractivity contribution in [2.45, 2.75) is 19.3 Å². The number of hydrogen-bond acceptors (Lipinski definition) is 5. The molecule has 0 aliphatic carbocycles. The number of ether oxygens (including phenoxy) is 1. The van der Waals surface area contributed by atoms with Gasteiger partial charge in [0.1, 0.15) is 5.75 Å². The van der Waals surface area contributed by atoms with Crippen molar-refractivity contribution in [2.24, 2.45) is 0 Å². The van der Waals surface area contributed by atoms with E-state index in [2.05, 4.69) is 19.9 Å². The van der Waals surface area contributed by atoms with Crippen molar-refractivity contribution in [3.05, 3.63) is 46.9 Å². The molecule has 6 heteroatoms. The van der Waals surface area contributed by atoms with Gasteiger partial charge >= 0.3 is 0 Å². The quantitative estimate of drug-likeness (QED) is 0.796. The summed E-state index contributed by atoms with van der Waals surface area (Å²) >= 11 is 0. The van der Waals surface area contributed by atoms with E-state index in [9.17, 15) is 4.79 Å². The molecular weight excluding hydrogens is 316 g/mol. The second-order valence-electron chi connectivity index (χ2n) is 6.23. The molecule has 128 valence electrons. The summed E-state index contributed by atoms with van der Waals surface area (Å²) in [4.78, 5) is 26.8. The summed E-state index contributed by atoms with van der Waals surface area (Å²) in [5.41, 5.74) is 2.04. The van der Waals surface area contributed by atoms with Crippen LogP contribution in [0, 0.1) is 0 Å². The minimum Gasteiger partial charge on any atom is -0.497 e. The Morgan fingerprint density at radius 1 is 1.16 bits per heavy atom. The van der Waals surface area contributed by atoms with E-state index in [0.717, 1.165) is 42.8 Å². The van der Waals surface area contributed by atoms with Crippen LogP contribution >= 0.6 is 0 Å². The van der Waals surface area contributed by atoms with Gasteiger partial charge in [0.05, 0.1) is 12.5 Å². The molecule has 0 bridgehead atoms. The van der Waals surface area contributed by atoms with E-state index in [0.29, 0.717) is 17.0 Å². The highest BCUT2D eigenvalue weighted by atomic mass is 16.5. The summed E-state index contributed by atoms with van der Waals surface area (Å²) in [6, 6.07) is 9.49. The van der Waals surface area contributed by atoms with Crippen molar-refractivity contribution in [3.8, 4) is 16.9 Å². The van der Waals surface area contributed by atoms with Crippen LogP contribution in [0.25, 0.3) is 22.2 Å². The van der Waals surface area contributed by atoms with Crippen LogP contribution < -0.4 is 15.2 Å². The van der Waals surface area contributed by atoms with Gasteiger partial charge in [0, 0.05) is 19.3 Å². The van der Waals surface area contributed by atoms with E-state index in [1.54, 1.807) is 13.3 Å². The van der Waals surface area contributed by atoms with Crippen LogP contribution in [0.3, 0.4) is 0 Å². The van der Waals surface area contributed by atoms with Gasteiger partial charge in [-0.25, -0.2) is 4.98 Å². The maximum atomic E-state index is 12.8. The Hall–Kier alpha value is -2.89. The highest BCUT2D eigenvalue weighted by Gasteiger charge is 2.17. The largest absolute Gasteiger partial charge is 0.497 e. The van der Waals surface area contributed by atoms with E-state index in [1.165, 1.54) is 6.42 Å². The number of fused-ring (bicyclic) bond motifs is 1. The molecule has 0 saturated carbocycles. The minimum atomic E-state index is -0.156. The highest BCUT2D eigenvalue weighted by Crippen LogP contribution is 2.28. The Labute approximate surface area is 145 Å². The van der Waals surface area contributed by atoms with Crippen molar-refractivity contribution in [3.63, 3.8) is 0 Å². The van der Waals surface area contributed by atoms with Gasteiger partial charge in [-0.05, 0) is 48.6 Å². The Bertz CT molecular complexity index is 961. The molecule has 1 N–H and O–H groups in total. The SMILES string of the molecule is COc1cccc(-c2ccnc3nc(N4CCCCC4)[nH]c(=O)c23)c1. The number of H-pyrrole nitrogens is 1. The van der Waals surface area contributed by atoms with Crippen LogP contribution in [0.1, 0.15) is 19.3 Å². The Morgan fingerprint density at radius 3 is 2.80 bits per heavy atom. The summed E-state index contributed by atoms with van der Waals surface area (Å²) in [5, 5.41) is 0.511. The third-order valence-corrected chi connectivity index (χ3v) is 4.63. The van der Waals surface area contributed by atoms with Crippen molar-refractivity contribution in [1.29, 1.82) is 0 Å². The molecule has 2 aromatic heterocycles. The molecular formula is C19H20N4O2. The number of nitrogens with zero attached hydrogens (tertiary/aromatic N) is 3. The normalized spacial score (nSPS) is 14.7. The number of anilines is 1. The molecule has 0 spiro atoms. The predicted molar refractivity (Wildman–Crippen MR) is 98.2 cm³/mol. The van der Waals surface area contributed by atoms with Crippen LogP contribution in [-0.2, 0) is 0 Å². The first-order valence-electron chi connectivity index (χ1n) is 8.54. The molecule has 1 saturated heterocycles. The first-order valence-corrected chi connectivity index (χ1v) is 8.54. The molecule has 1 aliphatic rings. The molecule has 1 fully saturated rings. The molecule has 0 radical (unpaired) electrons. The Morgan fingerprint density at radius 2 is 2.00 bits per heavy atom. The molecule has 3 heterocycles. The smallest absolute Gasteiger partial charge is 0.262 e. The molecule has 0 atom stereocenters. The van der Waals surface area contributed by atoms with Crippen LogP contribution in [0.5, 0.6) is 5.75 Å². The van der Waals surface area contributed by atoms with Gasteiger partial charge in [-0.1, -0.05) is 12.1 Å². The lowest BCUT2D eigenvalue weighted by molar-refractivity contribution is 0.415. The average Bonchev–Trinajstić information content (AvgIpc) is 2.68. The summed E-state index contributed by atoms with van der Waals surface area (Å²) in [6.07, 6.45) is 5.17. The standard InChI is InChI=1S/C19H20N4O2/c1-25-14-7-5-6-13(12-14)15-8-9-20-17-16(15)18(24)22-19(21-17)23-10-3-2-4-11-23/h5-9,12H,2-4,10-11H2,1H3,(H,20,21,22,24). The molecule has 0 amide bonds. The van der Waals surface area contributed by atoms with E-state index >= 15 is 0 Å². The molecule has 3 aromatic rings. The minimum absolute atomic E-state index is 0.156. The molecule has 4 rings (SSSR count). The van der Waals surface area contributed by atoms with Gasteiger partial charge in [-0.15, -0.1) is 0 Å². The molecule has 1 aliphatic heterocycles. The zero-order chi connectivity index (χ0) is 17.2. The lowest BCUT2D eigenvalue weighted by atomic mass is 10.0. The summed E-state index contributed by atoms with van der Waals surface area (Å²) < 4.78 is 5.29. The topological polar surface area (TPSA) is 71.1 Å². The maximum Gasteiger partial charge on any atom is 0.262 e. The van der Waals surface area contributed by atoms with E-state index in [1.807, 2.05) is 30.3 Å². The fraction of sp³-hybridized carbons (Fsp3) is 0.316. The van der Waals surface area contributed by atoms with Gasteiger partial charge in [0.15, 0.2) is 5.65 Å². The van der Waals surface area contributed by atoms with E-state index < -0.39 is 0 Å². The predicted octanol–water partition coefficient (Wildman–Crippen LogP) is 2.98. The number of pyridine rings is 1. The summed E-state index contributed by atoms with van der Waals surface area (Å²) in [7, 11) is 1.63. The fourth-order valence-corrected chi connectivity index (χ4v) is 3.34. The van der Waals surface area contributed by atoms with Gasteiger partial charge in [-0.2, -0.15) is 4.98 Å². The number of aromatic nitrogens is 3. The average molecular weight is 336 g/mol. The lowest BCUT2D eigenvalue weighted by Gasteiger charge is -2.27. The second-order valence-corrected chi connectivity index (χ2v) is 6.23. The maximum absolute atomic E-state index is 12.8. The monoisotopic (exact) mass is 336 g/mol. The number of nitrogens with one attached hydrogen (secondary N) is 1. The number of rotatable bonds is 3. The zero-order valence-electron chi connectivity index (χ0n) is 14.2. The summed E-state index contributed by atoms with van der Waals surface area (Å²) in [6.45, 7) is 1.84. The van der Waals surface area contributed by atoms with E-state index in [-0.39, 0.29) is 5.56 Å². The molecule has 0 unspecified atom stereocenters. The number of piperidine rings is 1. The van der Waals surface area contributed by atoms with Crippen LogP contribution in [-0.4, -0.2) is 35.2 Å². The first-order chi connectivity index (χ1) is 12.3. The number of methoxy groups -OCH3 is 1. The van der Waals surface area contributed by atoms with Gasteiger partial charge < -0.3 is 9.64 Å². The fourth-order valence-electron chi connectivity index (χ4n) is 3.34. The number of benzene rings is 1. The van der Waals surface area contributed by atoms with Gasteiger partial charge in [-0.3, -0.25) is 9.78 Å². The molecule has 25 heavy (non-hydrogen) atoms. The van der Waals surface area contributed by atoms with E-state index in [4.69, 9.17) is 4.74 Å². The summed E-state index contributed by atoms with van der Waals surface area (Å²) in [5.74, 6) is 1.37. The third-order valence-electron chi connectivity index (χ3n) is 4.63. The van der Waals surface area contributed by atoms with Crippen LogP contribution in [0.4, 0.5) is 5.95 Å². The first kappa shape index (κ1) is 15.6. The number of hydrogen-bond donors (Lipinski definition) is 1. The lowest BCUT2D eigenvalue weighted by Crippen LogP contribution is -2.32. The van der Waals surface area contributed by atoms with Crippen molar-refractivity contribution in [1.82, 2.24) is 15.0 Å². The Kier molecular flexibility index (Phi) is 4.09. The number of aromatic amines is 1. The molecule has 1 aromatic carbocycles.